The lowest BCUT2D eigenvalue weighted by Crippen LogP contribution is -2.35. The van der Waals surface area contributed by atoms with Crippen molar-refractivity contribution in [2.45, 2.75) is 63.8 Å². The third kappa shape index (κ3) is 4.45. The van der Waals surface area contributed by atoms with E-state index >= 15 is 0 Å². The zero-order valence-electron chi connectivity index (χ0n) is 16.1. The van der Waals surface area contributed by atoms with Crippen molar-refractivity contribution in [3.8, 4) is 0 Å². The quantitative estimate of drug-likeness (QED) is 0.796. The van der Waals surface area contributed by atoms with E-state index in [9.17, 15) is 9.59 Å². The monoisotopic (exact) mass is 369 g/mol. The van der Waals surface area contributed by atoms with Gasteiger partial charge in [-0.1, -0.05) is 25.7 Å². The molecule has 4 rings (SSSR count). The molecule has 1 aromatic carbocycles. The Hall–Kier alpha value is -2.04. The van der Waals surface area contributed by atoms with Crippen molar-refractivity contribution in [3.05, 3.63) is 24.3 Å². The van der Waals surface area contributed by atoms with Gasteiger partial charge < -0.3 is 15.5 Å². The van der Waals surface area contributed by atoms with Crippen LogP contribution in [0.3, 0.4) is 0 Å². The largest absolute Gasteiger partial charge is 0.385 e. The van der Waals surface area contributed by atoms with Crippen molar-refractivity contribution in [2.75, 3.05) is 23.7 Å². The maximum atomic E-state index is 12.6. The van der Waals surface area contributed by atoms with E-state index in [0.29, 0.717) is 19.0 Å². The Balaban J connectivity index is 1.27. The van der Waals surface area contributed by atoms with Crippen molar-refractivity contribution < 1.29 is 9.59 Å². The van der Waals surface area contributed by atoms with Gasteiger partial charge in [-0.25, -0.2) is 0 Å². The Morgan fingerprint density at radius 3 is 2.30 bits per heavy atom. The summed E-state index contributed by atoms with van der Waals surface area (Å²) >= 11 is 0. The first kappa shape index (κ1) is 18.3. The van der Waals surface area contributed by atoms with Crippen LogP contribution in [0.4, 0.5) is 11.4 Å². The van der Waals surface area contributed by atoms with Crippen LogP contribution in [0.5, 0.6) is 0 Å². The van der Waals surface area contributed by atoms with E-state index in [-0.39, 0.29) is 17.7 Å². The van der Waals surface area contributed by atoms with Crippen LogP contribution in [-0.4, -0.2) is 35.8 Å². The zero-order valence-corrected chi connectivity index (χ0v) is 16.1. The molecule has 1 heterocycles. The topological polar surface area (TPSA) is 61.4 Å². The Morgan fingerprint density at radius 2 is 1.59 bits per heavy atom. The molecule has 146 valence electrons. The summed E-state index contributed by atoms with van der Waals surface area (Å²) in [6.45, 7) is 1.61. The van der Waals surface area contributed by atoms with E-state index in [1.807, 2.05) is 29.2 Å². The van der Waals surface area contributed by atoms with Crippen LogP contribution < -0.4 is 10.6 Å². The Labute approximate surface area is 161 Å². The number of rotatable bonds is 6. The number of nitrogens with zero attached hydrogens (tertiary/aromatic N) is 1. The van der Waals surface area contributed by atoms with Crippen LogP contribution in [0.25, 0.3) is 0 Å². The normalized spacial score (nSPS) is 23.9. The number of benzene rings is 1. The van der Waals surface area contributed by atoms with Crippen molar-refractivity contribution in [2.24, 2.45) is 11.8 Å². The molecule has 0 bridgehead atoms. The molecule has 0 radical (unpaired) electrons. The third-order valence-electron chi connectivity index (χ3n) is 6.52. The van der Waals surface area contributed by atoms with Gasteiger partial charge in [-0.2, -0.15) is 0 Å². The van der Waals surface area contributed by atoms with E-state index in [1.165, 1.54) is 38.5 Å². The molecule has 1 atom stereocenters. The Bertz CT molecular complexity index is 661. The van der Waals surface area contributed by atoms with E-state index in [4.69, 9.17) is 0 Å². The van der Waals surface area contributed by atoms with Gasteiger partial charge >= 0.3 is 0 Å². The summed E-state index contributed by atoms with van der Waals surface area (Å²) in [5, 5.41) is 6.50. The minimum Gasteiger partial charge on any atom is -0.385 e. The van der Waals surface area contributed by atoms with Crippen molar-refractivity contribution in [3.63, 3.8) is 0 Å². The number of amides is 2. The summed E-state index contributed by atoms with van der Waals surface area (Å²) in [6, 6.07) is 8.30. The van der Waals surface area contributed by atoms with Gasteiger partial charge in [0.2, 0.25) is 11.8 Å². The number of anilines is 2. The first-order valence-corrected chi connectivity index (χ1v) is 10.6. The highest BCUT2D eigenvalue weighted by atomic mass is 16.2. The van der Waals surface area contributed by atoms with Crippen LogP contribution in [0.2, 0.25) is 0 Å². The van der Waals surface area contributed by atoms with Gasteiger partial charge in [0.25, 0.3) is 0 Å². The van der Waals surface area contributed by atoms with E-state index < -0.39 is 0 Å². The lowest BCUT2D eigenvalue weighted by Gasteiger charge is -2.23. The molecule has 2 aliphatic carbocycles. The highest BCUT2D eigenvalue weighted by molar-refractivity contribution is 5.97. The molecular formula is C22H31N3O2. The predicted octanol–water partition coefficient (Wildman–Crippen LogP) is 4.02. The van der Waals surface area contributed by atoms with E-state index in [1.54, 1.807) is 0 Å². The van der Waals surface area contributed by atoms with Gasteiger partial charge in [0.05, 0.1) is 5.92 Å². The number of carbonyl (C=O) groups excluding carboxylic acids is 2. The molecule has 5 heteroatoms. The number of nitrogens with one attached hydrogen (secondary N) is 2. The standard InChI is InChI=1S/C22H31N3O2/c26-21-13-17(15-25(21)20-7-3-4-8-20)22(27)24-19-11-9-18(10-12-19)23-14-16-5-1-2-6-16/h9-12,16-17,20,23H,1-8,13-15H2,(H,24,27). The second-order valence-corrected chi connectivity index (χ2v) is 8.48. The summed E-state index contributed by atoms with van der Waals surface area (Å²) in [4.78, 5) is 26.8. The molecular weight excluding hydrogens is 338 g/mol. The average Bonchev–Trinajstić information content (AvgIpc) is 3.43. The van der Waals surface area contributed by atoms with Crippen LogP contribution in [-0.2, 0) is 9.59 Å². The van der Waals surface area contributed by atoms with Crippen LogP contribution in [0, 0.1) is 11.8 Å². The summed E-state index contributed by atoms with van der Waals surface area (Å²) in [5.41, 5.74) is 1.90. The fourth-order valence-electron chi connectivity index (χ4n) is 4.87. The molecule has 1 unspecified atom stereocenters. The van der Waals surface area contributed by atoms with Crippen LogP contribution >= 0.6 is 0 Å². The molecule has 2 N–H and O–H groups in total. The first-order chi connectivity index (χ1) is 13.2. The van der Waals surface area contributed by atoms with E-state index in [0.717, 1.165) is 36.7 Å². The van der Waals surface area contributed by atoms with Gasteiger partial charge in [0, 0.05) is 36.9 Å². The van der Waals surface area contributed by atoms with Gasteiger partial charge in [-0.05, 0) is 55.9 Å². The molecule has 1 saturated heterocycles. The molecule has 2 amide bonds. The fraction of sp³-hybridized carbons (Fsp3) is 0.636. The van der Waals surface area contributed by atoms with Gasteiger partial charge in [-0.3, -0.25) is 9.59 Å². The smallest absolute Gasteiger partial charge is 0.229 e. The van der Waals surface area contributed by atoms with E-state index in [2.05, 4.69) is 10.6 Å². The Kier molecular flexibility index (Phi) is 5.65. The first-order valence-electron chi connectivity index (χ1n) is 10.6. The highest BCUT2D eigenvalue weighted by Crippen LogP contribution is 2.30. The van der Waals surface area contributed by atoms with Crippen molar-refractivity contribution in [1.82, 2.24) is 4.90 Å². The van der Waals surface area contributed by atoms with Crippen molar-refractivity contribution in [1.29, 1.82) is 0 Å². The number of hydrogen-bond acceptors (Lipinski definition) is 3. The summed E-state index contributed by atoms with van der Waals surface area (Å²) in [5.74, 6) is 0.689. The van der Waals surface area contributed by atoms with Crippen molar-refractivity contribution >= 4 is 23.2 Å². The molecule has 3 aliphatic rings. The molecule has 0 spiro atoms. The summed E-state index contributed by atoms with van der Waals surface area (Å²) in [6.07, 6.45) is 10.3. The molecule has 1 aromatic rings. The second-order valence-electron chi connectivity index (χ2n) is 8.48. The fourth-order valence-corrected chi connectivity index (χ4v) is 4.87. The molecule has 1 aliphatic heterocycles. The number of carbonyl (C=O) groups is 2. The lowest BCUT2D eigenvalue weighted by molar-refractivity contribution is -0.129. The zero-order chi connectivity index (χ0) is 18.6. The SMILES string of the molecule is O=C(Nc1ccc(NCC2CCCC2)cc1)C1CC(=O)N(C2CCCC2)C1. The highest BCUT2D eigenvalue weighted by Gasteiger charge is 2.38. The maximum Gasteiger partial charge on any atom is 0.229 e. The van der Waals surface area contributed by atoms with Gasteiger partial charge in [0.1, 0.15) is 0 Å². The summed E-state index contributed by atoms with van der Waals surface area (Å²) in [7, 11) is 0. The molecule has 3 fully saturated rings. The Morgan fingerprint density at radius 1 is 0.963 bits per heavy atom. The number of likely N-dealkylation sites (tertiary alicyclic amines) is 1. The molecule has 27 heavy (non-hydrogen) atoms. The lowest BCUT2D eigenvalue weighted by atomic mass is 10.1. The minimum atomic E-state index is -0.224. The van der Waals surface area contributed by atoms with Gasteiger partial charge in [0.15, 0.2) is 0 Å². The molecule has 5 nitrogen and oxygen atoms in total. The number of hydrogen-bond donors (Lipinski definition) is 2. The second kappa shape index (κ2) is 8.32. The molecule has 2 saturated carbocycles. The predicted molar refractivity (Wildman–Crippen MR) is 108 cm³/mol. The molecule has 0 aromatic heterocycles. The minimum absolute atomic E-state index is 0.0319. The maximum absolute atomic E-state index is 12.6. The van der Waals surface area contributed by atoms with Gasteiger partial charge in [-0.15, -0.1) is 0 Å². The third-order valence-corrected chi connectivity index (χ3v) is 6.52. The van der Waals surface area contributed by atoms with Crippen LogP contribution in [0.15, 0.2) is 24.3 Å². The van der Waals surface area contributed by atoms with Crippen LogP contribution in [0.1, 0.15) is 57.8 Å². The average molecular weight is 370 g/mol. The summed E-state index contributed by atoms with van der Waals surface area (Å²) < 4.78 is 0.